The lowest BCUT2D eigenvalue weighted by Crippen LogP contribution is -2.43. The molecule has 2 aliphatic rings. The van der Waals surface area contributed by atoms with Crippen molar-refractivity contribution in [3.63, 3.8) is 0 Å². The molecule has 1 heterocycles. The Kier molecular flexibility index (Phi) is 3.54. The van der Waals surface area contributed by atoms with Crippen LogP contribution in [0.1, 0.15) is 38.5 Å². The van der Waals surface area contributed by atoms with E-state index in [2.05, 4.69) is 17.9 Å². The fourth-order valence-electron chi connectivity index (χ4n) is 2.84. The predicted molar refractivity (Wildman–Crippen MR) is 64.7 cm³/mol. The summed E-state index contributed by atoms with van der Waals surface area (Å²) in [4.78, 5) is 11.8. The van der Waals surface area contributed by atoms with Crippen LogP contribution in [0, 0.1) is 11.3 Å². The number of amidine groups is 1. The van der Waals surface area contributed by atoms with Crippen molar-refractivity contribution in [1.82, 2.24) is 5.32 Å². The minimum absolute atomic E-state index is 0.0145. The average Bonchev–Trinajstić information content (AvgIpc) is 2.65. The number of thiol groups is 1. The molecule has 2 N–H and O–H groups in total. The quantitative estimate of drug-likeness (QED) is 0.372. The minimum Gasteiger partial charge on any atom is -0.375 e. The molecule has 1 saturated carbocycles. The number of carbonyl (C=O) groups is 1. The Balaban J connectivity index is 1.96. The van der Waals surface area contributed by atoms with Gasteiger partial charge in [-0.15, -0.1) is 12.6 Å². The molecule has 0 aromatic carbocycles. The van der Waals surface area contributed by atoms with E-state index < -0.39 is 0 Å². The maximum Gasteiger partial charge on any atom is 0.229 e. The lowest BCUT2D eigenvalue weighted by molar-refractivity contribution is -0.136. The van der Waals surface area contributed by atoms with Crippen LogP contribution in [0.4, 0.5) is 0 Å². The van der Waals surface area contributed by atoms with Crippen LogP contribution in [0.3, 0.4) is 0 Å². The minimum atomic E-state index is -0.0745. The number of hydrogen-bond acceptors (Lipinski definition) is 3. The first kappa shape index (κ1) is 11.9. The Hall–Kier alpha value is -0.550. The van der Waals surface area contributed by atoms with Crippen LogP contribution in [0.2, 0.25) is 0 Å². The fourth-order valence-corrected chi connectivity index (χ4v) is 2.95. The van der Waals surface area contributed by atoms with Crippen LogP contribution in [-0.4, -0.2) is 23.3 Å². The average molecular weight is 242 g/mol. The summed E-state index contributed by atoms with van der Waals surface area (Å²) in [5.41, 5.74) is -0.0426. The molecule has 2 fully saturated rings. The van der Waals surface area contributed by atoms with Gasteiger partial charge in [0.15, 0.2) is 5.17 Å². The molecule has 16 heavy (non-hydrogen) atoms. The molecule has 1 aliphatic heterocycles. The van der Waals surface area contributed by atoms with E-state index in [-0.39, 0.29) is 22.6 Å². The predicted octanol–water partition coefficient (Wildman–Crippen LogP) is 1.71. The van der Waals surface area contributed by atoms with Gasteiger partial charge < -0.3 is 10.1 Å². The summed E-state index contributed by atoms with van der Waals surface area (Å²) in [6.07, 6.45) is 6.13. The lowest BCUT2D eigenvalue weighted by atomic mass is 9.84. The zero-order valence-corrected chi connectivity index (χ0v) is 10.2. The zero-order chi connectivity index (χ0) is 11.6. The molecule has 1 saturated heterocycles. The first-order chi connectivity index (χ1) is 7.61. The fraction of sp³-hybridized carbons (Fsp3) is 0.818. The van der Waals surface area contributed by atoms with Crippen LogP contribution in [0.25, 0.3) is 0 Å². The molecule has 5 heteroatoms. The van der Waals surface area contributed by atoms with Gasteiger partial charge in [0, 0.05) is 12.5 Å². The number of rotatable bonds is 1. The summed E-state index contributed by atoms with van der Waals surface area (Å²) in [6, 6.07) is 0. The van der Waals surface area contributed by atoms with Gasteiger partial charge in [0.05, 0.1) is 5.60 Å². The van der Waals surface area contributed by atoms with E-state index in [1.807, 2.05) is 0 Å². The molecule has 0 bridgehead atoms. The van der Waals surface area contributed by atoms with Crippen LogP contribution in [0.15, 0.2) is 0 Å². The van der Waals surface area contributed by atoms with Crippen molar-refractivity contribution in [1.29, 1.82) is 5.41 Å². The third kappa shape index (κ3) is 2.58. The number of nitrogens with one attached hydrogen (secondary N) is 2. The summed E-state index contributed by atoms with van der Waals surface area (Å²) in [6.45, 7) is 0.665. The maximum absolute atomic E-state index is 11.8. The third-order valence-electron chi connectivity index (χ3n) is 3.62. The Labute approximate surface area is 101 Å². The molecule has 90 valence electrons. The van der Waals surface area contributed by atoms with Crippen molar-refractivity contribution >= 4 is 23.7 Å². The van der Waals surface area contributed by atoms with Crippen molar-refractivity contribution in [2.45, 2.75) is 44.1 Å². The van der Waals surface area contributed by atoms with Crippen molar-refractivity contribution in [3.8, 4) is 0 Å². The van der Waals surface area contributed by atoms with Crippen LogP contribution in [-0.2, 0) is 9.53 Å². The van der Waals surface area contributed by atoms with Gasteiger partial charge in [-0.1, -0.05) is 12.8 Å². The van der Waals surface area contributed by atoms with E-state index in [0.29, 0.717) is 6.61 Å². The topological polar surface area (TPSA) is 62.2 Å². The monoisotopic (exact) mass is 242 g/mol. The van der Waals surface area contributed by atoms with E-state index in [1.165, 1.54) is 12.8 Å². The second-order valence-corrected chi connectivity index (χ2v) is 5.21. The highest BCUT2D eigenvalue weighted by Gasteiger charge is 2.41. The molecule has 1 amide bonds. The van der Waals surface area contributed by atoms with Crippen molar-refractivity contribution in [3.05, 3.63) is 0 Å². The highest BCUT2D eigenvalue weighted by molar-refractivity contribution is 7.96. The van der Waals surface area contributed by atoms with Crippen molar-refractivity contribution < 1.29 is 9.53 Å². The third-order valence-corrected chi connectivity index (χ3v) is 3.73. The van der Waals surface area contributed by atoms with Gasteiger partial charge in [0.25, 0.3) is 0 Å². The molecule has 2 rings (SSSR count). The summed E-state index contributed by atoms with van der Waals surface area (Å²) in [5.74, 6) is -0.0890. The van der Waals surface area contributed by atoms with Gasteiger partial charge in [-0.3, -0.25) is 10.2 Å². The van der Waals surface area contributed by atoms with E-state index in [4.69, 9.17) is 10.1 Å². The molecule has 1 atom stereocenters. The van der Waals surface area contributed by atoms with Crippen molar-refractivity contribution in [2.75, 3.05) is 6.61 Å². The first-order valence-corrected chi connectivity index (χ1v) is 6.28. The van der Waals surface area contributed by atoms with E-state index in [9.17, 15) is 4.79 Å². The smallest absolute Gasteiger partial charge is 0.229 e. The Bertz CT molecular complexity index is 300. The van der Waals surface area contributed by atoms with E-state index in [0.717, 1.165) is 25.7 Å². The van der Waals surface area contributed by atoms with Crippen molar-refractivity contribution in [2.24, 2.45) is 5.92 Å². The molecular weight excluding hydrogens is 224 g/mol. The second-order valence-electron chi connectivity index (χ2n) is 4.77. The summed E-state index contributed by atoms with van der Waals surface area (Å²) < 4.78 is 5.86. The highest BCUT2D eigenvalue weighted by Crippen LogP contribution is 2.41. The second kappa shape index (κ2) is 4.75. The van der Waals surface area contributed by atoms with Gasteiger partial charge in [-0.2, -0.15) is 0 Å². The molecule has 1 aliphatic carbocycles. The summed E-state index contributed by atoms with van der Waals surface area (Å²) in [7, 11) is 0. The van der Waals surface area contributed by atoms with Gasteiger partial charge >= 0.3 is 0 Å². The number of carbonyl (C=O) groups excluding carboxylic acids is 1. The molecule has 1 spiro atoms. The van der Waals surface area contributed by atoms with Crippen LogP contribution >= 0.6 is 12.6 Å². The Morgan fingerprint density at radius 2 is 2.12 bits per heavy atom. The SMILES string of the molecule is N=C(S)NC(=O)C1CCOC2(CCCC2)C1. The Morgan fingerprint density at radius 3 is 2.75 bits per heavy atom. The van der Waals surface area contributed by atoms with Crippen LogP contribution in [0.5, 0.6) is 0 Å². The standard InChI is InChI=1S/C11H18N2O2S/c12-10(16)13-9(14)8-3-6-15-11(7-8)4-1-2-5-11/h8H,1-7H2,(H3,12,13,14,16). The molecule has 0 aromatic rings. The van der Waals surface area contributed by atoms with E-state index >= 15 is 0 Å². The highest BCUT2D eigenvalue weighted by atomic mass is 32.1. The summed E-state index contributed by atoms with van der Waals surface area (Å²) >= 11 is 3.78. The maximum atomic E-state index is 11.8. The van der Waals surface area contributed by atoms with Gasteiger partial charge in [0.2, 0.25) is 5.91 Å². The number of ether oxygens (including phenoxy) is 1. The lowest BCUT2D eigenvalue weighted by Gasteiger charge is -2.37. The zero-order valence-electron chi connectivity index (χ0n) is 9.29. The molecule has 0 radical (unpaired) electrons. The molecular formula is C11H18N2O2S. The Morgan fingerprint density at radius 1 is 1.44 bits per heavy atom. The number of amides is 1. The number of hydrogen-bond donors (Lipinski definition) is 3. The van der Waals surface area contributed by atoms with E-state index in [1.54, 1.807) is 0 Å². The molecule has 1 unspecified atom stereocenters. The molecule has 0 aromatic heterocycles. The van der Waals surface area contributed by atoms with Gasteiger partial charge in [-0.25, -0.2) is 0 Å². The van der Waals surface area contributed by atoms with Gasteiger partial charge in [0.1, 0.15) is 0 Å². The largest absolute Gasteiger partial charge is 0.375 e. The summed E-state index contributed by atoms with van der Waals surface area (Å²) in [5, 5.41) is 9.54. The van der Waals surface area contributed by atoms with Gasteiger partial charge in [-0.05, 0) is 25.7 Å². The van der Waals surface area contributed by atoms with Crippen LogP contribution < -0.4 is 5.32 Å². The molecule has 4 nitrogen and oxygen atoms in total. The normalized spacial score (nSPS) is 27.9. The first-order valence-electron chi connectivity index (χ1n) is 5.84.